The summed E-state index contributed by atoms with van der Waals surface area (Å²) in [5.41, 5.74) is 1.44. The molecule has 0 spiro atoms. The fraction of sp³-hybridized carbons (Fsp3) is 0.684. The minimum absolute atomic E-state index is 0.0716. The molecule has 0 atom stereocenters. The molecule has 1 aliphatic carbocycles. The third kappa shape index (κ3) is 4.63. The third-order valence-electron chi connectivity index (χ3n) is 5.88. The summed E-state index contributed by atoms with van der Waals surface area (Å²) in [7, 11) is 2.15. The van der Waals surface area contributed by atoms with Crippen molar-refractivity contribution in [2.24, 2.45) is 5.41 Å². The Morgan fingerprint density at radius 2 is 2.00 bits per heavy atom. The first-order valence-corrected chi connectivity index (χ1v) is 9.50. The van der Waals surface area contributed by atoms with Crippen molar-refractivity contribution in [3.8, 4) is 0 Å². The van der Waals surface area contributed by atoms with Gasteiger partial charge >= 0.3 is 6.03 Å². The molecule has 1 aliphatic heterocycles. The predicted molar refractivity (Wildman–Crippen MR) is 101 cm³/mol. The lowest BCUT2D eigenvalue weighted by Crippen LogP contribution is -2.45. The van der Waals surface area contributed by atoms with Crippen LogP contribution in [-0.2, 0) is 6.54 Å². The maximum Gasteiger partial charge on any atom is 0.315 e. The molecule has 6 heteroatoms. The van der Waals surface area contributed by atoms with Crippen LogP contribution in [0.3, 0.4) is 0 Å². The van der Waals surface area contributed by atoms with Gasteiger partial charge < -0.3 is 20.4 Å². The number of nitrogens with zero attached hydrogens (tertiary/aromatic N) is 3. The van der Waals surface area contributed by atoms with Gasteiger partial charge in [0.05, 0.1) is 0 Å². The second kappa shape index (κ2) is 8.04. The van der Waals surface area contributed by atoms with E-state index in [1.54, 1.807) is 0 Å². The number of hydrogen-bond donors (Lipinski definition) is 2. The molecule has 6 nitrogen and oxygen atoms in total. The summed E-state index contributed by atoms with van der Waals surface area (Å²) in [4.78, 5) is 21.2. The summed E-state index contributed by atoms with van der Waals surface area (Å²) in [5.74, 6) is 1.01. The molecule has 138 valence electrons. The lowest BCUT2D eigenvalue weighted by molar-refractivity contribution is 0.126. The van der Waals surface area contributed by atoms with Crippen molar-refractivity contribution in [2.45, 2.75) is 39.2 Å². The van der Waals surface area contributed by atoms with E-state index in [-0.39, 0.29) is 6.03 Å². The van der Waals surface area contributed by atoms with E-state index in [0.29, 0.717) is 12.0 Å². The van der Waals surface area contributed by atoms with Crippen LogP contribution in [-0.4, -0.2) is 55.7 Å². The standard InChI is InChI=1S/C19H31N5O/c1-3-19(6-4-7-19)15-22-18(25)21-14-16-5-8-20-17(13-16)24-11-9-23(2)10-12-24/h5,8,13H,3-4,6-7,9-12,14-15H2,1-2H3,(H2,21,22,25). The molecule has 25 heavy (non-hydrogen) atoms. The molecule has 1 aromatic rings. The molecule has 2 amide bonds. The largest absolute Gasteiger partial charge is 0.354 e. The van der Waals surface area contributed by atoms with Crippen LogP contribution in [0.4, 0.5) is 10.6 Å². The molecule has 0 unspecified atom stereocenters. The maximum atomic E-state index is 12.1. The van der Waals surface area contributed by atoms with Gasteiger partial charge in [-0.3, -0.25) is 0 Å². The van der Waals surface area contributed by atoms with Crippen LogP contribution in [0.15, 0.2) is 18.3 Å². The number of urea groups is 1. The summed E-state index contributed by atoms with van der Waals surface area (Å²) in [6.45, 7) is 7.67. The molecular formula is C19H31N5O. The van der Waals surface area contributed by atoms with Gasteiger partial charge in [0, 0.05) is 45.5 Å². The Labute approximate surface area is 151 Å². The van der Waals surface area contributed by atoms with Crippen molar-refractivity contribution < 1.29 is 4.79 Å². The molecule has 3 rings (SSSR count). The molecule has 0 bridgehead atoms. The Bertz CT molecular complexity index is 573. The molecule has 2 heterocycles. The van der Waals surface area contributed by atoms with Crippen LogP contribution in [0.1, 0.15) is 38.2 Å². The third-order valence-corrected chi connectivity index (χ3v) is 5.88. The van der Waals surface area contributed by atoms with Crippen LogP contribution in [0.2, 0.25) is 0 Å². The zero-order valence-electron chi connectivity index (χ0n) is 15.6. The number of pyridine rings is 1. The highest BCUT2D eigenvalue weighted by Gasteiger charge is 2.35. The number of rotatable bonds is 6. The SMILES string of the molecule is CCC1(CNC(=O)NCc2ccnc(N3CCN(C)CC3)c2)CCC1. The highest BCUT2D eigenvalue weighted by atomic mass is 16.2. The average molecular weight is 345 g/mol. The molecule has 2 N–H and O–H groups in total. The number of piperazine rings is 1. The predicted octanol–water partition coefficient (Wildman–Crippen LogP) is 2.21. The number of aromatic nitrogens is 1. The van der Waals surface area contributed by atoms with Gasteiger partial charge in [0.2, 0.25) is 0 Å². The Morgan fingerprint density at radius 1 is 1.24 bits per heavy atom. The van der Waals surface area contributed by atoms with Crippen molar-refractivity contribution in [3.05, 3.63) is 23.9 Å². The topological polar surface area (TPSA) is 60.5 Å². The first-order chi connectivity index (χ1) is 12.1. The second-order valence-electron chi connectivity index (χ2n) is 7.56. The van der Waals surface area contributed by atoms with E-state index < -0.39 is 0 Å². The number of hydrogen-bond acceptors (Lipinski definition) is 4. The molecule has 0 aromatic carbocycles. The van der Waals surface area contributed by atoms with E-state index in [4.69, 9.17) is 0 Å². The number of carbonyl (C=O) groups is 1. The lowest BCUT2D eigenvalue weighted by atomic mass is 9.67. The Kier molecular flexibility index (Phi) is 5.78. The van der Waals surface area contributed by atoms with Crippen LogP contribution < -0.4 is 15.5 Å². The summed E-state index contributed by atoms with van der Waals surface area (Å²) in [6, 6.07) is 3.99. The first-order valence-electron chi connectivity index (χ1n) is 9.50. The van der Waals surface area contributed by atoms with Crippen LogP contribution in [0.25, 0.3) is 0 Å². The number of likely N-dealkylation sites (N-methyl/N-ethyl adjacent to an activating group) is 1. The van der Waals surface area contributed by atoms with E-state index in [1.807, 2.05) is 12.3 Å². The minimum atomic E-state index is -0.0716. The van der Waals surface area contributed by atoms with Gasteiger partial charge in [-0.1, -0.05) is 13.3 Å². The smallest absolute Gasteiger partial charge is 0.315 e. The number of carbonyl (C=O) groups excluding carboxylic acids is 1. The lowest BCUT2D eigenvalue weighted by Gasteiger charge is -2.41. The van der Waals surface area contributed by atoms with Crippen molar-refractivity contribution in [1.29, 1.82) is 0 Å². The minimum Gasteiger partial charge on any atom is -0.354 e. The monoisotopic (exact) mass is 345 g/mol. The summed E-state index contributed by atoms with van der Waals surface area (Å²) >= 11 is 0. The molecule has 1 saturated heterocycles. The Hall–Kier alpha value is -1.82. The molecule has 2 fully saturated rings. The van der Waals surface area contributed by atoms with E-state index in [2.05, 4.69) is 45.5 Å². The summed E-state index contributed by atoms with van der Waals surface area (Å²) in [6.07, 6.45) is 6.75. The highest BCUT2D eigenvalue weighted by molar-refractivity contribution is 5.73. The van der Waals surface area contributed by atoms with Gasteiger partial charge in [-0.25, -0.2) is 9.78 Å². The van der Waals surface area contributed by atoms with Gasteiger partial charge in [0.25, 0.3) is 0 Å². The van der Waals surface area contributed by atoms with Crippen LogP contribution >= 0.6 is 0 Å². The molecule has 1 aromatic heterocycles. The number of anilines is 1. The normalized spacial score (nSPS) is 20.0. The fourth-order valence-corrected chi connectivity index (χ4v) is 3.62. The molecule has 0 radical (unpaired) electrons. The van der Waals surface area contributed by atoms with Gasteiger partial charge in [-0.15, -0.1) is 0 Å². The first kappa shape index (κ1) is 18.0. The van der Waals surface area contributed by atoms with Crippen molar-refractivity contribution in [3.63, 3.8) is 0 Å². The van der Waals surface area contributed by atoms with Gasteiger partial charge in [-0.2, -0.15) is 0 Å². The fourth-order valence-electron chi connectivity index (χ4n) is 3.62. The van der Waals surface area contributed by atoms with Crippen molar-refractivity contribution in [1.82, 2.24) is 20.5 Å². The quantitative estimate of drug-likeness (QED) is 0.830. The second-order valence-corrected chi connectivity index (χ2v) is 7.56. The zero-order chi connectivity index (χ0) is 17.7. The Morgan fingerprint density at radius 3 is 2.64 bits per heavy atom. The zero-order valence-corrected chi connectivity index (χ0v) is 15.6. The van der Waals surface area contributed by atoms with Crippen molar-refractivity contribution in [2.75, 3.05) is 44.7 Å². The molecule has 1 saturated carbocycles. The van der Waals surface area contributed by atoms with E-state index in [9.17, 15) is 4.79 Å². The van der Waals surface area contributed by atoms with Crippen LogP contribution in [0.5, 0.6) is 0 Å². The van der Waals surface area contributed by atoms with Crippen molar-refractivity contribution >= 4 is 11.8 Å². The highest BCUT2D eigenvalue weighted by Crippen LogP contribution is 2.42. The molecule has 2 aliphatic rings. The van der Waals surface area contributed by atoms with Gasteiger partial charge in [0.1, 0.15) is 5.82 Å². The average Bonchev–Trinajstić information content (AvgIpc) is 2.60. The Balaban J connectivity index is 1.46. The van der Waals surface area contributed by atoms with Crippen LogP contribution in [0, 0.1) is 5.41 Å². The van der Waals surface area contributed by atoms with E-state index in [1.165, 1.54) is 19.3 Å². The van der Waals surface area contributed by atoms with Gasteiger partial charge in [0.15, 0.2) is 0 Å². The maximum absolute atomic E-state index is 12.1. The summed E-state index contributed by atoms with van der Waals surface area (Å²) in [5, 5.41) is 6.02. The summed E-state index contributed by atoms with van der Waals surface area (Å²) < 4.78 is 0. The number of amides is 2. The van der Waals surface area contributed by atoms with Gasteiger partial charge in [-0.05, 0) is 49.4 Å². The molecular weight excluding hydrogens is 314 g/mol. The van der Waals surface area contributed by atoms with E-state index in [0.717, 1.165) is 50.5 Å². The number of nitrogens with one attached hydrogen (secondary N) is 2. The van der Waals surface area contributed by atoms with E-state index >= 15 is 0 Å².